The van der Waals surface area contributed by atoms with Gasteiger partial charge in [0.05, 0.1) is 12.7 Å². The maximum Gasteiger partial charge on any atom is 0.344 e. The second-order valence-electron chi connectivity index (χ2n) is 5.12. The Morgan fingerprint density at radius 3 is 2.38 bits per heavy atom. The van der Waals surface area contributed by atoms with Crippen molar-refractivity contribution in [1.29, 1.82) is 0 Å². The molecular formula is C18H16O3. The van der Waals surface area contributed by atoms with E-state index >= 15 is 0 Å². The molecule has 3 heteroatoms. The molecule has 3 rings (SSSR count). The maximum absolute atomic E-state index is 12.3. The number of methoxy groups -OCH3 is 1. The highest BCUT2D eigenvalue weighted by molar-refractivity contribution is 5.87. The molecule has 0 saturated heterocycles. The van der Waals surface area contributed by atoms with E-state index in [0.29, 0.717) is 11.1 Å². The molecule has 0 spiro atoms. The fourth-order valence-corrected chi connectivity index (χ4v) is 2.56. The fraction of sp³-hybridized carbons (Fsp3) is 0.167. The molecule has 0 aliphatic heterocycles. The second kappa shape index (κ2) is 5.09. The molecule has 2 aromatic carbocycles. The lowest BCUT2D eigenvalue weighted by Crippen LogP contribution is -2.06. The molecule has 0 radical (unpaired) electrons. The Hall–Kier alpha value is -2.55. The molecule has 106 valence electrons. The Morgan fingerprint density at radius 1 is 1.00 bits per heavy atom. The third-order valence-electron chi connectivity index (χ3n) is 3.70. The van der Waals surface area contributed by atoms with Crippen LogP contribution < -0.4 is 10.4 Å². The molecule has 3 nitrogen and oxygen atoms in total. The Labute approximate surface area is 122 Å². The van der Waals surface area contributed by atoms with Gasteiger partial charge in [0.15, 0.2) is 0 Å². The SMILES string of the molecule is COc1ccc(-c2c(C)c3cc(C)ccc3oc2=O)cc1. The summed E-state index contributed by atoms with van der Waals surface area (Å²) in [6.07, 6.45) is 0. The highest BCUT2D eigenvalue weighted by atomic mass is 16.5. The predicted octanol–water partition coefficient (Wildman–Crippen LogP) is 4.09. The van der Waals surface area contributed by atoms with E-state index in [-0.39, 0.29) is 5.63 Å². The second-order valence-corrected chi connectivity index (χ2v) is 5.12. The Morgan fingerprint density at radius 2 is 1.71 bits per heavy atom. The first-order valence-electron chi connectivity index (χ1n) is 6.78. The average Bonchev–Trinajstić information content (AvgIpc) is 2.49. The normalized spacial score (nSPS) is 10.8. The van der Waals surface area contributed by atoms with Gasteiger partial charge in [-0.1, -0.05) is 23.8 Å². The average molecular weight is 280 g/mol. The monoisotopic (exact) mass is 280 g/mol. The molecule has 1 aromatic heterocycles. The minimum absolute atomic E-state index is 0.311. The van der Waals surface area contributed by atoms with Crippen LogP contribution in [0.5, 0.6) is 5.75 Å². The van der Waals surface area contributed by atoms with Gasteiger partial charge >= 0.3 is 5.63 Å². The van der Waals surface area contributed by atoms with Gasteiger partial charge in [-0.15, -0.1) is 0 Å². The number of benzene rings is 2. The van der Waals surface area contributed by atoms with Crippen molar-refractivity contribution in [3.8, 4) is 16.9 Å². The van der Waals surface area contributed by atoms with Crippen LogP contribution in [0.4, 0.5) is 0 Å². The molecule has 1 heterocycles. The predicted molar refractivity (Wildman–Crippen MR) is 83.9 cm³/mol. The lowest BCUT2D eigenvalue weighted by Gasteiger charge is -2.09. The van der Waals surface area contributed by atoms with E-state index in [2.05, 4.69) is 0 Å². The van der Waals surface area contributed by atoms with Crippen molar-refractivity contribution in [2.24, 2.45) is 0 Å². The van der Waals surface area contributed by atoms with Gasteiger partial charge in [0.25, 0.3) is 0 Å². The van der Waals surface area contributed by atoms with Crippen LogP contribution in [0.25, 0.3) is 22.1 Å². The summed E-state index contributed by atoms with van der Waals surface area (Å²) >= 11 is 0. The molecule has 0 amide bonds. The molecule has 0 unspecified atom stereocenters. The first kappa shape index (κ1) is 13.4. The Balaban J connectivity index is 2.28. The summed E-state index contributed by atoms with van der Waals surface area (Å²) in [5.41, 5.74) is 3.84. The summed E-state index contributed by atoms with van der Waals surface area (Å²) in [4.78, 5) is 12.3. The number of aryl methyl sites for hydroxylation is 2. The highest BCUT2D eigenvalue weighted by Crippen LogP contribution is 2.28. The topological polar surface area (TPSA) is 39.4 Å². The third kappa shape index (κ3) is 2.31. The summed E-state index contributed by atoms with van der Waals surface area (Å²) in [5, 5.41) is 0.973. The lowest BCUT2D eigenvalue weighted by molar-refractivity contribution is 0.415. The minimum Gasteiger partial charge on any atom is -0.497 e. The van der Waals surface area contributed by atoms with Crippen molar-refractivity contribution in [1.82, 2.24) is 0 Å². The molecule has 0 N–H and O–H groups in total. The summed E-state index contributed by atoms with van der Waals surface area (Å²) in [6.45, 7) is 3.98. The highest BCUT2D eigenvalue weighted by Gasteiger charge is 2.13. The van der Waals surface area contributed by atoms with E-state index in [1.807, 2.05) is 56.3 Å². The van der Waals surface area contributed by atoms with Crippen molar-refractivity contribution in [2.75, 3.05) is 7.11 Å². The molecule has 0 aliphatic rings. The van der Waals surface area contributed by atoms with Crippen LogP contribution in [0.1, 0.15) is 11.1 Å². The number of hydrogen-bond donors (Lipinski definition) is 0. The van der Waals surface area contributed by atoms with Gasteiger partial charge in [0.1, 0.15) is 11.3 Å². The fourth-order valence-electron chi connectivity index (χ4n) is 2.56. The van der Waals surface area contributed by atoms with Gasteiger partial charge in [0, 0.05) is 5.39 Å². The van der Waals surface area contributed by atoms with Crippen LogP contribution in [0.2, 0.25) is 0 Å². The first-order chi connectivity index (χ1) is 10.1. The van der Waals surface area contributed by atoms with Crippen molar-refractivity contribution in [3.05, 3.63) is 64.0 Å². The molecule has 0 fully saturated rings. The molecule has 3 aromatic rings. The van der Waals surface area contributed by atoms with Crippen LogP contribution >= 0.6 is 0 Å². The third-order valence-corrected chi connectivity index (χ3v) is 3.70. The van der Waals surface area contributed by atoms with Crippen LogP contribution in [-0.2, 0) is 0 Å². The summed E-state index contributed by atoms with van der Waals surface area (Å²) in [5.74, 6) is 0.762. The maximum atomic E-state index is 12.3. The van der Waals surface area contributed by atoms with Crippen LogP contribution in [0.15, 0.2) is 51.7 Å². The van der Waals surface area contributed by atoms with Gasteiger partial charge in [0.2, 0.25) is 0 Å². The number of hydrogen-bond acceptors (Lipinski definition) is 3. The van der Waals surface area contributed by atoms with Gasteiger partial charge in [-0.2, -0.15) is 0 Å². The van der Waals surface area contributed by atoms with Crippen molar-refractivity contribution in [2.45, 2.75) is 13.8 Å². The molecular weight excluding hydrogens is 264 g/mol. The van der Waals surface area contributed by atoms with E-state index in [1.165, 1.54) is 0 Å². The van der Waals surface area contributed by atoms with Gasteiger partial charge in [-0.3, -0.25) is 0 Å². The van der Waals surface area contributed by atoms with E-state index in [0.717, 1.165) is 27.8 Å². The molecule has 0 atom stereocenters. The largest absolute Gasteiger partial charge is 0.497 e. The van der Waals surface area contributed by atoms with Gasteiger partial charge in [-0.05, 0) is 49.2 Å². The smallest absolute Gasteiger partial charge is 0.344 e. The Kier molecular flexibility index (Phi) is 3.26. The number of fused-ring (bicyclic) bond motifs is 1. The molecule has 21 heavy (non-hydrogen) atoms. The summed E-state index contributed by atoms with van der Waals surface area (Å²) < 4.78 is 10.6. The molecule has 0 bridgehead atoms. The first-order valence-corrected chi connectivity index (χ1v) is 6.78. The van der Waals surface area contributed by atoms with Gasteiger partial charge < -0.3 is 9.15 Å². The number of ether oxygens (including phenoxy) is 1. The summed E-state index contributed by atoms with van der Waals surface area (Å²) in [6, 6.07) is 13.3. The lowest BCUT2D eigenvalue weighted by atomic mass is 9.99. The van der Waals surface area contributed by atoms with E-state index in [9.17, 15) is 4.79 Å². The van der Waals surface area contributed by atoms with E-state index in [1.54, 1.807) is 7.11 Å². The van der Waals surface area contributed by atoms with Gasteiger partial charge in [-0.25, -0.2) is 4.79 Å². The quantitative estimate of drug-likeness (QED) is 0.664. The molecule has 0 aliphatic carbocycles. The zero-order valence-electron chi connectivity index (χ0n) is 12.3. The molecule has 0 saturated carbocycles. The van der Waals surface area contributed by atoms with Crippen LogP contribution in [0.3, 0.4) is 0 Å². The van der Waals surface area contributed by atoms with Crippen LogP contribution in [-0.4, -0.2) is 7.11 Å². The standard InChI is InChI=1S/C18H16O3/c1-11-4-9-16-15(10-11)12(2)17(18(19)21-16)13-5-7-14(20-3)8-6-13/h4-10H,1-3H3. The van der Waals surface area contributed by atoms with E-state index < -0.39 is 0 Å². The van der Waals surface area contributed by atoms with E-state index in [4.69, 9.17) is 9.15 Å². The zero-order chi connectivity index (χ0) is 15.0. The van der Waals surface area contributed by atoms with Crippen molar-refractivity contribution in [3.63, 3.8) is 0 Å². The zero-order valence-corrected chi connectivity index (χ0v) is 12.3. The van der Waals surface area contributed by atoms with Crippen LogP contribution in [0, 0.1) is 13.8 Å². The van der Waals surface area contributed by atoms with Crippen molar-refractivity contribution >= 4 is 11.0 Å². The number of rotatable bonds is 2. The summed E-state index contributed by atoms with van der Waals surface area (Å²) in [7, 11) is 1.62. The Bertz CT molecular complexity index is 858. The van der Waals surface area contributed by atoms with Crippen molar-refractivity contribution < 1.29 is 9.15 Å². The minimum atomic E-state index is -0.311.